The molecule has 9 nitrogen and oxygen atoms in total. The second-order valence-electron chi connectivity index (χ2n) is 7.81. The van der Waals surface area contributed by atoms with Crippen LogP contribution in [0.2, 0.25) is 5.02 Å². The Kier molecular flexibility index (Phi) is 6.19. The predicted octanol–water partition coefficient (Wildman–Crippen LogP) is 1.82. The van der Waals surface area contributed by atoms with Gasteiger partial charge in [0, 0.05) is 36.4 Å². The van der Waals surface area contributed by atoms with E-state index in [1.165, 1.54) is 17.2 Å². The average molecular weight is 473 g/mol. The zero-order valence-corrected chi connectivity index (χ0v) is 18.3. The van der Waals surface area contributed by atoms with Crippen molar-refractivity contribution in [2.75, 3.05) is 12.3 Å². The molecule has 3 heterocycles. The summed E-state index contributed by atoms with van der Waals surface area (Å²) in [5.41, 5.74) is 12.3. The van der Waals surface area contributed by atoms with E-state index in [4.69, 9.17) is 23.1 Å². The number of nitrogens with zero attached hydrogens (tertiary/aromatic N) is 3. The standard InChI is InChI=1S/C22H22ClFN6O3/c23-15-4-1-3-12(18(15)24)9-28-22(33)16-5-2-7-30(16)17(31)11-29-8-6-13-19(25)14(20(26)32)10-27-21(13)29/h1,3-4,6,8,10,16H,2,5,7,9,11H2,(H2,25,27)(H2,26,32)(H,28,33)/t16-/m0/s1. The first-order chi connectivity index (χ1) is 15.8. The number of anilines is 1. The Labute approximate surface area is 193 Å². The molecule has 3 aromatic rings. The van der Waals surface area contributed by atoms with Crippen LogP contribution in [-0.4, -0.2) is 44.8 Å². The summed E-state index contributed by atoms with van der Waals surface area (Å²) in [4.78, 5) is 43.0. The lowest BCUT2D eigenvalue weighted by molar-refractivity contribution is -0.138. The van der Waals surface area contributed by atoms with Gasteiger partial charge < -0.3 is 26.3 Å². The number of likely N-dealkylation sites (tertiary alicyclic amines) is 1. The molecule has 1 aromatic carbocycles. The van der Waals surface area contributed by atoms with Crippen molar-refractivity contribution in [3.8, 4) is 0 Å². The Morgan fingerprint density at radius 1 is 1.27 bits per heavy atom. The van der Waals surface area contributed by atoms with Crippen molar-refractivity contribution in [3.05, 3.63) is 58.6 Å². The minimum Gasteiger partial charge on any atom is -0.397 e. The van der Waals surface area contributed by atoms with Crippen molar-refractivity contribution >= 4 is 46.0 Å². The van der Waals surface area contributed by atoms with E-state index in [-0.39, 0.29) is 46.7 Å². The van der Waals surface area contributed by atoms with Gasteiger partial charge >= 0.3 is 0 Å². The number of benzene rings is 1. The molecule has 0 aliphatic carbocycles. The van der Waals surface area contributed by atoms with Gasteiger partial charge in [0.2, 0.25) is 11.8 Å². The Morgan fingerprint density at radius 3 is 2.82 bits per heavy atom. The number of rotatable bonds is 6. The Bertz CT molecular complexity index is 1260. The van der Waals surface area contributed by atoms with E-state index < -0.39 is 17.8 Å². The van der Waals surface area contributed by atoms with E-state index in [9.17, 15) is 18.8 Å². The molecule has 1 aliphatic heterocycles. The van der Waals surface area contributed by atoms with E-state index in [0.29, 0.717) is 30.4 Å². The van der Waals surface area contributed by atoms with Crippen LogP contribution in [0.15, 0.2) is 36.7 Å². The quantitative estimate of drug-likeness (QED) is 0.502. The number of nitrogens with two attached hydrogens (primary N) is 2. The SMILES string of the molecule is NC(=O)c1cnc2c(ccn2CC(=O)N2CCC[C@H]2C(=O)NCc2cccc(Cl)c2F)c1N. The monoisotopic (exact) mass is 472 g/mol. The second kappa shape index (κ2) is 9.07. The smallest absolute Gasteiger partial charge is 0.252 e. The molecule has 1 saturated heterocycles. The fourth-order valence-electron chi connectivity index (χ4n) is 4.04. The Balaban J connectivity index is 1.46. The van der Waals surface area contributed by atoms with Gasteiger partial charge in [-0.1, -0.05) is 23.7 Å². The van der Waals surface area contributed by atoms with Crippen LogP contribution in [0.1, 0.15) is 28.8 Å². The highest BCUT2D eigenvalue weighted by Crippen LogP contribution is 2.25. The number of nitrogen functional groups attached to an aromatic ring is 1. The molecule has 5 N–H and O–H groups in total. The van der Waals surface area contributed by atoms with Gasteiger partial charge in [-0.15, -0.1) is 0 Å². The number of primary amides is 1. The number of hydrogen-bond donors (Lipinski definition) is 3. The Morgan fingerprint density at radius 2 is 2.06 bits per heavy atom. The number of carbonyl (C=O) groups excluding carboxylic acids is 3. The summed E-state index contributed by atoms with van der Waals surface area (Å²) in [6, 6.07) is 5.58. The molecule has 2 aromatic heterocycles. The van der Waals surface area contributed by atoms with Crippen molar-refractivity contribution in [3.63, 3.8) is 0 Å². The highest BCUT2D eigenvalue weighted by atomic mass is 35.5. The molecule has 11 heteroatoms. The van der Waals surface area contributed by atoms with E-state index in [0.717, 1.165) is 0 Å². The Hall–Kier alpha value is -3.66. The number of pyridine rings is 1. The van der Waals surface area contributed by atoms with Gasteiger partial charge in [0.25, 0.3) is 5.91 Å². The maximum atomic E-state index is 14.1. The van der Waals surface area contributed by atoms with Crippen LogP contribution < -0.4 is 16.8 Å². The average Bonchev–Trinajstić information content (AvgIpc) is 3.43. The highest BCUT2D eigenvalue weighted by molar-refractivity contribution is 6.30. The van der Waals surface area contributed by atoms with E-state index >= 15 is 0 Å². The zero-order valence-electron chi connectivity index (χ0n) is 17.6. The maximum absolute atomic E-state index is 14.1. The maximum Gasteiger partial charge on any atom is 0.252 e. The predicted molar refractivity (Wildman–Crippen MR) is 121 cm³/mol. The molecular formula is C22H22ClFN6O3. The minimum absolute atomic E-state index is 0.0180. The van der Waals surface area contributed by atoms with Gasteiger partial charge in [-0.2, -0.15) is 0 Å². The van der Waals surface area contributed by atoms with Gasteiger partial charge in [0.15, 0.2) is 0 Å². The number of fused-ring (bicyclic) bond motifs is 1. The minimum atomic E-state index is -0.686. The summed E-state index contributed by atoms with van der Waals surface area (Å²) >= 11 is 5.79. The van der Waals surface area contributed by atoms with Gasteiger partial charge in [0.1, 0.15) is 24.1 Å². The third-order valence-corrected chi connectivity index (χ3v) is 6.05. The summed E-state index contributed by atoms with van der Waals surface area (Å²) in [5.74, 6) is -1.89. The van der Waals surface area contributed by atoms with Crippen LogP contribution in [0.25, 0.3) is 11.0 Å². The van der Waals surface area contributed by atoms with Crippen molar-refractivity contribution in [2.45, 2.75) is 32.0 Å². The molecule has 172 valence electrons. The molecule has 4 rings (SSSR count). The zero-order chi connectivity index (χ0) is 23.7. The van der Waals surface area contributed by atoms with Crippen molar-refractivity contribution in [1.29, 1.82) is 0 Å². The van der Waals surface area contributed by atoms with Crippen LogP contribution in [0.5, 0.6) is 0 Å². The van der Waals surface area contributed by atoms with Crippen LogP contribution >= 0.6 is 11.6 Å². The van der Waals surface area contributed by atoms with E-state index in [1.807, 2.05) is 0 Å². The summed E-state index contributed by atoms with van der Waals surface area (Å²) in [6.07, 6.45) is 4.11. The lowest BCUT2D eigenvalue weighted by Gasteiger charge is -2.24. The van der Waals surface area contributed by atoms with Crippen molar-refractivity contribution in [1.82, 2.24) is 19.8 Å². The summed E-state index contributed by atoms with van der Waals surface area (Å²) in [7, 11) is 0. The fourth-order valence-corrected chi connectivity index (χ4v) is 4.24. The molecule has 0 bridgehead atoms. The molecule has 0 saturated carbocycles. The van der Waals surface area contributed by atoms with Gasteiger partial charge in [-0.05, 0) is 25.0 Å². The van der Waals surface area contributed by atoms with Crippen molar-refractivity contribution in [2.24, 2.45) is 5.73 Å². The van der Waals surface area contributed by atoms with Crippen LogP contribution in [0.3, 0.4) is 0 Å². The molecule has 1 fully saturated rings. The fraction of sp³-hybridized carbons (Fsp3) is 0.273. The third kappa shape index (κ3) is 4.34. The van der Waals surface area contributed by atoms with Gasteiger partial charge in [-0.3, -0.25) is 14.4 Å². The molecule has 33 heavy (non-hydrogen) atoms. The van der Waals surface area contributed by atoms with Crippen molar-refractivity contribution < 1.29 is 18.8 Å². The second-order valence-corrected chi connectivity index (χ2v) is 8.21. The van der Waals surface area contributed by atoms with Crippen LogP contribution in [0, 0.1) is 5.82 Å². The summed E-state index contributed by atoms with van der Waals surface area (Å²) in [5, 5.41) is 3.19. The molecule has 0 spiro atoms. The molecular weight excluding hydrogens is 451 g/mol. The van der Waals surface area contributed by atoms with E-state index in [1.54, 1.807) is 29.0 Å². The highest BCUT2D eigenvalue weighted by Gasteiger charge is 2.34. The number of carbonyl (C=O) groups is 3. The number of aromatic nitrogens is 2. The summed E-state index contributed by atoms with van der Waals surface area (Å²) < 4.78 is 15.7. The largest absolute Gasteiger partial charge is 0.397 e. The third-order valence-electron chi connectivity index (χ3n) is 5.76. The summed E-state index contributed by atoms with van der Waals surface area (Å²) in [6.45, 7) is 0.346. The number of hydrogen-bond acceptors (Lipinski definition) is 5. The molecule has 0 unspecified atom stereocenters. The number of nitrogens with one attached hydrogen (secondary N) is 1. The van der Waals surface area contributed by atoms with E-state index in [2.05, 4.69) is 10.3 Å². The molecule has 0 radical (unpaired) electrons. The lowest BCUT2D eigenvalue weighted by atomic mass is 10.1. The van der Waals surface area contributed by atoms with Crippen LogP contribution in [-0.2, 0) is 22.7 Å². The van der Waals surface area contributed by atoms with Gasteiger partial charge in [-0.25, -0.2) is 9.37 Å². The number of halogens is 2. The molecule has 1 aliphatic rings. The first-order valence-corrected chi connectivity index (χ1v) is 10.7. The topological polar surface area (TPSA) is 136 Å². The first-order valence-electron chi connectivity index (χ1n) is 10.3. The first kappa shape index (κ1) is 22.5. The normalized spacial score (nSPS) is 15.7. The van der Waals surface area contributed by atoms with Crippen LogP contribution in [0.4, 0.5) is 10.1 Å². The molecule has 3 amide bonds. The number of amides is 3. The molecule has 1 atom stereocenters. The lowest BCUT2D eigenvalue weighted by Crippen LogP contribution is -2.46. The van der Waals surface area contributed by atoms with Gasteiger partial charge in [0.05, 0.1) is 16.3 Å².